The van der Waals surface area contributed by atoms with Gasteiger partial charge in [0.25, 0.3) is 0 Å². The molecule has 0 radical (unpaired) electrons. The Bertz CT molecular complexity index is 414. The molecule has 0 aliphatic heterocycles. The van der Waals surface area contributed by atoms with E-state index in [0.717, 1.165) is 0 Å². The summed E-state index contributed by atoms with van der Waals surface area (Å²) in [5.74, 6) is -0.913. The number of esters is 1. The third-order valence-corrected chi connectivity index (χ3v) is 3.49. The fraction of sp³-hybridized carbons (Fsp3) is 0.417. The predicted molar refractivity (Wildman–Crippen MR) is 66.8 cm³/mol. The molecule has 0 spiro atoms. The van der Waals surface area contributed by atoms with Crippen LogP contribution in [0.4, 0.5) is 4.39 Å². The maximum absolute atomic E-state index is 13.7. The number of halogens is 2. The van der Waals surface area contributed by atoms with E-state index < -0.39 is 23.2 Å². The van der Waals surface area contributed by atoms with Crippen molar-refractivity contribution in [3.05, 3.63) is 34.1 Å². The van der Waals surface area contributed by atoms with Crippen LogP contribution in [0.1, 0.15) is 25.5 Å². The van der Waals surface area contributed by atoms with Crippen molar-refractivity contribution < 1.29 is 13.9 Å². The van der Waals surface area contributed by atoms with E-state index in [4.69, 9.17) is 5.73 Å². The average Bonchev–Trinajstić information content (AvgIpc) is 2.27. The maximum Gasteiger partial charge on any atom is 0.313 e. The zero-order valence-corrected chi connectivity index (χ0v) is 11.5. The van der Waals surface area contributed by atoms with E-state index in [1.807, 2.05) is 0 Å². The second-order valence-corrected chi connectivity index (χ2v) is 5.18. The molecule has 1 atom stereocenters. The largest absolute Gasteiger partial charge is 0.469 e. The molecule has 0 saturated heterocycles. The van der Waals surface area contributed by atoms with Gasteiger partial charge in [0, 0.05) is 16.1 Å². The highest BCUT2D eigenvalue weighted by molar-refractivity contribution is 9.10. The lowest BCUT2D eigenvalue weighted by atomic mass is 9.81. The van der Waals surface area contributed by atoms with Gasteiger partial charge in [0.05, 0.1) is 12.5 Å². The molecule has 0 unspecified atom stereocenters. The van der Waals surface area contributed by atoms with Crippen LogP contribution >= 0.6 is 15.9 Å². The highest BCUT2D eigenvalue weighted by atomic mass is 79.9. The number of benzene rings is 1. The van der Waals surface area contributed by atoms with Gasteiger partial charge in [-0.2, -0.15) is 0 Å². The number of rotatable bonds is 3. The molecule has 0 saturated carbocycles. The van der Waals surface area contributed by atoms with Gasteiger partial charge in [-0.05, 0) is 26.0 Å². The van der Waals surface area contributed by atoms with E-state index >= 15 is 0 Å². The van der Waals surface area contributed by atoms with Gasteiger partial charge in [-0.15, -0.1) is 0 Å². The Morgan fingerprint density at radius 2 is 2.12 bits per heavy atom. The lowest BCUT2D eigenvalue weighted by Gasteiger charge is -2.29. The first-order valence-electron chi connectivity index (χ1n) is 5.10. The van der Waals surface area contributed by atoms with Crippen LogP contribution < -0.4 is 5.73 Å². The first-order valence-corrected chi connectivity index (χ1v) is 5.89. The molecule has 94 valence electrons. The number of methoxy groups -OCH3 is 1. The number of ether oxygens (including phenoxy) is 1. The molecule has 1 rings (SSSR count). The van der Waals surface area contributed by atoms with Gasteiger partial charge in [-0.25, -0.2) is 4.39 Å². The van der Waals surface area contributed by atoms with Gasteiger partial charge in [-0.1, -0.05) is 22.0 Å². The molecule has 0 aliphatic rings. The average molecular weight is 304 g/mol. The Hall–Kier alpha value is -0.940. The SMILES string of the molecule is COC(=O)C(C)(C)[C@H](N)c1c(F)cccc1Br. The van der Waals surface area contributed by atoms with Crippen molar-refractivity contribution in [2.75, 3.05) is 7.11 Å². The molecule has 2 N–H and O–H groups in total. The molecule has 1 aromatic rings. The van der Waals surface area contributed by atoms with Crippen LogP contribution in [0.3, 0.4) is 0 Å². The summed E-state index contributed by atoms with van der Waals surface area (Å²) in [6.07, 6.45) is 0. The number of hydrogen-bond donors (Lipinski definition) is 1. The second-order valence-electron chi connectivity index (χ2n) is 4.33. The van der Waals surface area contributed by atoms with E-state index in [1.54, 1.807) is 26.0 Å². The van der Waals surface area contributed by atoms with E-state index in [1.165, 1.54) is 13.2 Å². The monoisotopic (exact) mass is 303 g/mol. The van der Waals surface area contributed by atoms with E-state index in [0.29, 0.717) is 4.47 Å². The standard InChI is InChI=1S/C12H15BrFNO2/c1-12(2,11(16)17-3)10(15)9-7(13)5-4-6-8(9)14/h4-6,10H,15H2,1-3H3/t10-/m1/s1. The van der Waals surface area contributed by atoms with Crippen LogP contribution in [0.15, 0.2) is 22.7 Å². The highest BCUT2D eigenvalue weighted by Gasteiger charge is 2.38. The molecule has 17 heavy (non-hydrogen) atoms. The lowest BCUT2D eigenvalue weighted by molar-refractivity contribution is -0.152. The lowest BCUT2D eigenvalue weighted by Crippen LogP contribution is -2.38. The Morgan fingerprint density at radius 1 is 1.53 bits per heavy atom. The molecule has 0 fully saturated rings. The van der Waals surface area contributed by atoms with Crippen LogP contribution in [0.2, 0.25) is 0 Å². The number of carbonyl (C=O) groups excluding carboxylic acids is 1. The van der Waals surface area contributed by atoms with Crippen LogP contribution in [0.25, 0.3) is 0 Å². The van der Waals surface area contributed by atoms with Gasteiger partial charge in [0.1, 0.15) is 5.82 Å². The normalized spacial score (nSPS) is 13.3. The van der Waals surface area contributed by atoms with E-state index in [-0.39, 0.29) is 5.56 Å². The quantitative estimate of drug-likeness (QED) is 0.874. The summed E-state index contributed by atoms with van der Waals surface area (Å²) in [4.78, 5) is 11.6. The fourth-order valence-electron chi connectivity index (χ4n) is 1.56. The molecular formula is C12H15BrFNO2. The summed E-state index contributed by atoms with van der Waals surface area (Å²) >= 11 is 3.24. The third-order valence-electron chi connectivity index (χ3n) is 2.80. The minimum atomic E-state index is -1.00. The Kier molecular flexibility index (Phi) is 4.27. The Balaban J connectivity index is 3.21. The van der Waals surface area contributed by atoms with Gasteiger partial charge in [0.2, 0.25) is 0 Å². The van der Waals surface area contributed by atoms with Crippen molar-refractivity contribution in [1.29, 1.82) is 0 Å². The molecule has 0 bridgehead atoms. The first-order chi connectivity index (χ1) is 7.82. The molecule has 0 amide bonds. The summed E-state index contributed by atoms with van der Waals surface area (Å²) in [6, 6.07) is 3.78. The maximum atomic E-state index is 13.7. The van der Waals surface area contributed by atoms with Crippen molar-refractivity contribution in [2.24, 2.45) is 11.1 Å². The van der Waals surface area contributed by atoms with Gasteiger partial charge < -0.3 is 10.5 Å². The molecule has 0 aromatic heterocycles. The van der Waals surface area contributed by atoms with Crippen molar-refractivity contribution in [3.63, 3.8) is 0 Å². The highest BCUT2D eigenvalue weighted by Crippen LogP contribution is 2.37. The van der Waals surface area contributed by atoms with Crippen molar-refractivity contribution in [3.8, 4) is 0 Å². The van der Waals surface area contributed by atoms with Crippen LogP contribution in [-0.4, -0.2) is 13.1 Å². The molecule has 1 aromatic carbocycles. The zero-order valence-electron chi connectivity index (χ0n) is 9.96. The molecule has 0 heterocycles. The molecule has 0 aliphatic carbocycles. The summed E-state index contributed by atoms with van der Waals surface area (Å²) in [7, 11) is 1.28. The van der Waals surface area contributed by atoms with E-state index in [2.05, 4.69) is 20.7 Å². The minimum absolute atomic E-state index is 0.280. The topological polar surface area (TPSA) is 52.3 Å². The summed E-state index contributed by atoms with van der Waals surface area (Å²) in [5.41, 5.74) is 5.26. The summed E-state index contributed by atoms with van der Waals surface area (Å²) < 4.78 is 19.0. The predicted octanol–water partition coefficient (Wildman–Crippen LogP) is 2.79. The third kappa shape index (κ3) is 2.66. The second kappa shape index (κ2) is 5.14. The molecular weight excluding hydrogens is 289 g/mol. The van der Waals surface area contributed by atoms with Gasteiger partial charge in [-0.3, -0.25) is 4.79 Å². The van der Waals surface area contributed by atoms with Gasteiger partial charge in [0.15, 0.2) is 0 Å². The molecule has 3 nitrogen and oxygen atoms in total. The number of nitrogens with two attached hydrogens (primary N) is 1. The van der Waals surface area contributed by atoms with Crippen LogP contribution in [0.5, 0.6) is 0 Å². The van der Waals surface area contributed by atoms with Crippen molar-refractivity contribution in [2.45, 2.75) is 19.9 Å². The van der Waals surface area contributed by atoms with Crippen molar-refractivity contribution in [1.82, 2.24) is 0 Å². The summed E-state index contributed by atoms with van der Waals surface area (Å²) in [5, 5.41) is 0. The fourth-order valence-corrected chi connectivity index (χ4v) is 2.15. The zero-order chi connectivity index (χ0) is 13.2. The van der Waals surface area contributed by atoms with Crippen LogP contribution in [0, 0.1) is 11.2 Å². The Labute approximate surface area is 108 Å². The minimum Gasteiger partial charge on any atom is -0.469 e. The van der Waals surface area contributed by atoms with Crippen molar-refractivity contribution >= 4 is 21.9 Å². The van der Waals surface area contributed by atoms with Crippen LogP contribution in [-0.2, 0) is 9.53 Å². The smallest absolute Gasteiger partial charge is 0.313 e. The number of hydrogen-bond acceptors (Lipinski definition) is 3. The summed E-state index contributed by atoms with van der Waals surface area (Å²) in [6.45, 7) is 3.25. The van der Waals surface area contributed by atoms with Gasteiger partial charge >= 0.3 is 5.97 Å². The number of carbonyl (C=O) groups is 1. The first kappa shape index (κ1) is 14.1. The van der Waals surface area contributed by atoms with E-state index in [9.17, 15) is 9.18 Å². The Morgan fingerprint density at radius 3 is 2.59 bits per heavy atom. The molecule has 5 heteroatoms.